The third kappa shape index (κ3) is 6.40. The molecule has 232 valence electrons. The Kier molecular flexibility index (Phi) is 9.21. The van der Waals surface area contributed by atoms with Crippen molar-refractivity contribution in [2.75, 3.05) is 71.5 Å². The number of likely N-dealkylation sites (N-methyl/N-ethyl adjacent to an activating group) is 1. The van der Waals surface area contributed by atoms with Crippen molar-refractivity contribution in [3.05, 3.63) is 53.5 Å². The van der Waals surface area contributed by atoms with Crippen LogP contribution in [-0.4, -0.2) is 100 Å². The molecule has 6 rings (SSSR count). The number of nitrogens with zero attached hydrogens (tertiary/aromatic N) is 5. The van der Waals surface area contributed by atoms with Crippen molar-refractivity contribution < 1.29 is 9.47 Å². The second-order valence-electron chi connectivity index (χ2n) is 12.6. The lowest BCUT2D eigenvalue weighted by molar-refractivity contribution is 0.0733. The van der Waals surface area contributed by atoms with Gasteiger partial charge in [-0.3, -0.25) is 9.89 Å². The SMILES string of the molecule is C=C1CC(NC2CCCOC2)=C(CC)N=C2C(N)=NC=C(c3ccc(N4CCC(N5CCN(C)CC5)CC4)c(OC)c3)C12. The number of piperidine rings is 1. The van der Waals surface area contributed by atoms with Gasteiger partial charge in [0.2, 0.25) is 0 Å². The number of nitrogens with two attached hydrogens (primary N) is 1. The summed E-state index contributed by atoms with van der Waals surface area (Å²) in [7, 11) is 3.99. The number of methoxy groups -OCH3 is 1. The van der Waals surface area contributed by atoms with Crippen LogP contribution >= 0.6 is 0 Å². The van der Waals surface area contributed by atoms with Crippen LogP contribution in [0.15, 0.2) is 57.9 Å². The molecule has 0 aliphatic carbocycles. The lowest BCUT2D eigenvalue weighted by Crippen LogP contribution is -2.52. The summed E-state index contributed by atoms with van der Waals surface area (Å²) in [6, 6.07) is 7.55. The average Bonchev–Trinajstić information content (AvgIpc) is 3.18. The Labute approximate surface area is 257 Å². The monoisotopic (exact) mass is 587 g/mol. The Hall–Kier alpha value is -3.14. The molecule has 5 heterocycles. The highest BCUT2D eigenvalue weighted by atomic mass is 16.5. The quantitative estimate of drug-likeness (QED) is 0.466. The molecule has 0 radical (unpaired) electrons. The first-order valence-electron chi connectivity index (χ1n) is 16.2. The molecule has 43 heavy (non-hydrogen) atoms. The minimum atomic E-state index is -0.129. The summed E-state index contributed by atoms with van der Waals surface area (Å²) in [6.07, 6.45) is 7.97. The lowest BCUT2D eigenvalue weighted by atomic mass is 9.81. The van der Waals surface area contributed by atoms with E-state index in [1.165, 1.54) is 39.0 Å². The number of benzene rings is 1. The molecule has 0 bridgehead atoms. The second-order valence-corrected chi connectivity index (χ2v) is 12.6. The fraction of sp³-hybridized carbons (Fsp3) is 0.588. The molecular weight excluding hydrogens is 538 g/mol. The zero-order valence-corrected chi connectivity index (χ0v) is 26.3. The molecule has 0 amide bonds. The molecule has 9 nitrogen and oxygen atoms in total. The molecule has 1 aromatic rings. The van der Waals surface area contributed by atoms with Crippen molar-refractivity contribution in [3.63, 3.8) is 0 Å². The highest BCUT2D eigenvalue weighted by molar-refractivity contribution is 6.45. The van der Waals surface area contributed by atoms with Gasteiger partial charge in [-0.05, 0) is 62.4 Å². The van der Waals surface area contributed by atoms with E-state index in [1.54, 1.807) is 7.11 Å². The number of fused-ring (bicyclic) bond motifs is 1. The van der Waals surface area contributed by atoms with Gasteiger partial charge < -0.3 is 30.3 Å². The maximum Gasteiger partial charge on any atom is 0.146 e. The summed E-state index contributed by atoms with van der Waals surface area (Å²) in [5, 5.41) is 3.75. The number of amidine groups is 1. The topological polar surface area (TPSA) is 90.9 Å². The molecule has 5 aliphatic heterocycles. The van der Waals surface area contributed by atoms with Gasteiger partial charge in [-0.2, -0.15) is 0 Å². The summed E-state index contributed by atoms with van der Waals surface area (Å²) in [5.41, 5.74) is 13.8. The normalized spacial score (nSPS) is 26.3. The zero-order chi connectivity index (χ0) is 29.9. The number of piperazine rings is 1. The molecule has 0 saturated carbocycles. The molecule has 3 fully saturated rings. The Balaban J connectivity index is 1.20. The number of allylic oxidation sites excluding steroid dienone is 3. The third-order valence-electron chi connectivity index (χ3n) is 9.85. The number of hydrogen-bond acceptors (Lipinski definition) is 9. The fourth-order valence-corrected chi connectivity index (χ4v) is 7.30. The first-order valence-corrected chi connectivity index (χ1v) is 16.2. The number of nitrogens with one attached hydrogen (secondary N) is 1. The van der Waals surface area contributed by atoms with Crippen molar-refractivity contribution >= 4 is 22.8 Å². The maximum absolute atomic E-state index is 6.49. The highest BCUT2D eigenvalue weighted by Gasteiger charge is 2.34. The standard InChI is InChI=1S/C34H49N7O2/c1-5-28-29(37-25-7-6-18-43-22-25)19-23(2)32-27(21-36-34(35)33(32)38-28)24-8-9-30(31(20-24)42-4)41-12-10-26(11-13-41)40-16-14-39(3)15-17-40/h8-9,20-21,25-26,32,37H,2,5-7,10-19,22H2,1,3-4H3,(H2,35,36). The zero-order valence-electron chi connectivity index (χ0n) is 26.3. The van der Waals surface area contributed by atoms with E-state index in [-0.39, 0.29) is 5.92 Å². The Bertz CT molecular complexity index is 1310. The minimum absolute atomic E-state index is 0.129. The van der Waals surface area contributed by atoms with E-state index in [0.717, 1.165) is 97.2 Å². The van der Waals surface area contributed by atoms with Crippen LogP contribution in [0.4, 0.5) is 5.69 Å². The number of anilines is 1. The summed E-state index contributed by atoms with van der Waals surface area (Å²) >= 11 is 0. The van der Waals surface area contributed by atoms with Gasteiger partial charge >= 0.3 is 0 Å². The highest BCUT2D eigenvalue weighted by Crippen LogP contribution is 2.41. The van der Waals surface area contributed by atoms with Crippen molar-refractivity contribution in [1.82, 2.24) is 15.1 Å². The van der Waals surface area contributed by atoms with E-state index in [0.29, 0.717) is 17.9 Å². The third-order valence-corrected chi connectivity index (χ3v) is 9.85. The first-order chi connectivity index (χ1) is 20.9. The molecule has 0 spiro atoms. The molecule has 2 atom stereocenters. The summed E-state index contributed by atoms with van der Waals surface area (Å²) in [4.78, 5) is 17.4. The predicted molar refractivity (Wildman–Crippen MR) is 176 cm³/mol. The van der Waals surface area contributed by atoms with Gasteiger partial charge in [0.15, 0.2) is 0 Å². The Morgan fingerprint density at radius 3 is 2.60 bits per heavy atom. The van der Waals surface area contributed by atoms with Crippen LogP contribution in [0.1, 0.15) is 51.0 Å². The van der Waals surface area contributed by atoms with E-state index >= 15 is 0 Å². The van der Waals surface area contributed by atoms with Crippen LogP contribution in [0, 0.1) is 5.92 Å². The molecule has 9 heteroatoms. The van der Waals surface area contributed by atoms with Crippen molar-refractivity contribution in [1.29, 1.82) is 0 Å². The average molecular weight is 588 g/mol. The van der Waals surface area contributed by atoms with Gasteiger partial charge in [-0.15, -0.1) is 0 Å². The number of ether oxygens (including phenoxy) is 2. The van der Waals surface area contributed by atoms with Crippen LogP contribution < -0.4 is 20.7 Å². The largest absolute Gasteiger partial charge is 0.495 e. The van der Waals surface area contributed by atoms with Crippen LogP contribution in [0.2, 0.25) is 0 Å². The molecule has 5 aliphatic rings. The van der Waals surface area contributed by atoms with Crippen LogP contribution in [0.3, 0.4) is 0 Å². The smallest absolute Gasteiger partial charge is 0.146 e. The van der Waals surface area contributed by atoms with Crippen molar-refractivity contribution in [3.8, 4) is 5.75 Å². The van der Waals surface area contributed by atoms with Gasteiger partial charge in [0.25, 0.3) is 0 Å². The second kappa shape index (κ2) is 13.2. The summed E-state index contributed by atoms with van der Waals surface area (Å²) in [6.45, 7) is 15.1. The van der Waals surface area contributed by atoms with E-state index in [9.17, 15) is 0 Å². The molecule has 3 saturated heterocycles. The summed E-state index contributed by atoms with van der Waals surface area (Å²) in [5.74, 6) is 1.23. The van der Waals surface area contributed by atoms with Gasteiger partial charge in [0.1, 0.15) is 11.6 Å². The van der Waals surface area contributed by atoms with Crippen LogP contribution in [0.25, 0.3) is 5.57 Å². The number of rotatable bonds is 7. The van der Waals surface area contributed by atoms with Crippen molar-refractivity contribution in [2.24, 2.45) is 21.6 Å². The minimum Gasteiger partial charge on any atom is -0.495 e. The molecule has 0 aromatic heterocycles. The van der Waals surface area contributed by atoms with Gasteiger partial charge in [0.05, 0.1) is 36.7 Å². The van der Waals surface area contributed by atoms with Gasteiger partial charge in [-0.1, -0.05) is 25.1 Å². The molecular formula is C34H49N7O2. The Morgan fingerprint density at radius 2 is 1.91 bits per heavy atom. The molecule has 3 N–H and O–H groups in total. The van der Waals surface area contributed by atoms with Crippen molar-refractivity contribution in [2.45, 2.75) is 57.5 Å². The Morgan fingerprint density at radius 1 is 1.12 bits per heavy atom. The fourth-order valence-electron chi connectivity index (χ4n) is 7.30. The molecule has 2 unspecified atom stereocenters. The lowest BCUT2D eigenvalue weighted by Gasteiger charge is -2.42. The molecule has 1 aromatic carbocycles. The van der Waals surface area contributed by atoms with E-state index in [1.807, 2.05) is 6.20 Å². The maximum atomic E-state index is 6.49. The van der Waals surface area contributed by atoms with Crippen LogP contribution in [0.5, 0.6) is 5.75 Å². The van der Waals surface area contributed by atoms with Gasteiger partial charge in [0, 0.05) is 76.3 Å². The van der Waals surface area contributed by atoms with E-state index in [4.69, 9.17) is 20.2 Å². The first kappa shape index (κ1) is 29.9. The van der Waals surface area contributed by atoms with Gasteiger partial charge in [-0.25, -0.2) is 4.99 Å². The van der Waals surface area contributed by atoms with E-state index in [2.05, 4.69) is 63.8 Å². The number of aliphatic imine (C=N–C) groups is 2. The van der Waals surface area contributed by atoms with Crippen LogP contribution in [-0.2, 0) is 4.74 Å². The summed E-state index contributed by atoms with van der Waals surface area (Å²) < 4.78 is 11.7. The predicted octanol–water partition coefficient (Wildman–Crippen LogP) is 4.03. The van der Waals surface area contributed by atoms with E-state index < -0.39 is 0 Å². The number of hydrogen-bond donors (Lipinski definition) is 2.